The number of rotatable bonds is 3. The fourth-order valence-corrected chi connectivity index (χ4v) is 1.41. The predicted octanol–water partition coefficient (Wildman–Crippen LogP) is 1.67. The molecule has 1 aromatic carbocycles. The number of ketones is 1. The summed E-state index contributed by atoms with van der Waals surface area (Å²) in [6.45, 7) is 0. The molecule has 0 fully saturated rings. The molecule has 0 unspecified atom stereocenters. The van der Waals surface area contributed by atoms with Gasteiger partial charge in [0.25, 0.3) is 0 Å². The first-order valence-corrected chi connectivity index (χ1v) is 5.06. The minimum Gasteiger partial charge on any atom is -0.289 e. The average molecular weight is 213 g/mol. The highest BCUT2D eigenvalue weighted by molar-refractivity contribution is 6.05. The van der Waals surface area contributed by atoms with Gasteiger partial charge in [-0.1, -0.05) is 30.3 Å². The second-order valence-corrected chi connectivity index (χ2v) is 3.57. The van der Waals surface area contributed by atoms with Gasteiger partial charge in [0.2, 0.25) is 6.33 Å². The molecule has 0 N–H and O–H groups in total. The van der Waals surface area contributed by atoms with E-state index in [9.17, 15) is 4.79 Å². The number of imidazole rings is 1. The van der Waals surface area contributed by atoms with Crippen LogP contribution in [-0.4, -0.2) is 10.4 Å². The summed E-state index contributed by atoms with van der Waals surface area (Å²) in [6.07, 6.45) is 8.99. The summed E-state index contributed by atoms with van der Waals surface area (Å²) in [5.41, 5.74) is 0.704. The molecule has 2 aromatic rings. The Hall–Kier alpha value is -2.16. The monoisotopic (exact) mass is 213 g/mol. The van der Waals surface area contributed by atoms with Gasteiger partial charge >= 0.3 is 0 Å². The Morgan fingerprint density at radius 1 is 1.31 bits per heavy atom. The van der Waals surface area contributed by atoms with Crippen molar-refractivity contribution in [3.05, 3.63) is 60.7 Å². The van der Waals surface area contributed by atoms with Gasteiger partial charge in [-0.15, -0.1) is 0 Å². The van der Waals surface area contributed by atoms with Crippen molar-refractivity contribution in [1.82, 2.24) is 4.57 Å². The summed E-state index contributed by atoms with van der Waals surface area (Å²) in [7, 11) is 1.93. The minimum absolute atomic E-state index is 0.0111. The third-order valence-corrected chi connectivity index (χ3v) is 2.25. The van der Waals surface area contributed by atoms with Crippen LogP contribution in [0, 0.1) is 0 Å². The van der Waals surface area contributed by atoms with Crippen molar-refractivity contribution in [1.29, 1.82) is 0 Å². The Balaban J connectivity index is 2.11. The lowest BCUT2D eigenvalue weighted by molar-refractivity contribution is -0.670. The molecule has 0 radical (unpaired) electrons. The lowest BCUT2D eigenvalue weighted by Gasteiger charge is -1.92. The van der Waals surface area contributed by atoms with Crippen LogP contribution in [-0.2, 0) is 7.05 Å². The Morgan fingerprint density at radius 2 is 2.06 bits per heavy atom. The molecule has 0 spiro atoms. The quantitative estimate of drug-likeness (QED) is 0.432. The van der Waals surface area contributed by atoms with Crippen LogP contribution in [0.4, 0.5) is 0 Å². The van der Waals surface area contributed by atoms with E-state index in [0.717, 1.165) is 0 Å². The number of carbonyl (C=O) groups is 1. The maximum atomic E-state index is 11.7. The molecule has 0 saturated heterocycles. The van der Waals surface area contributed by atoms with E-state index < -0.39 is 0 Å². The Morgan fingerprint density at radius 3 is 2.69 bits per heavy atom. The third kappa shape index (κ3) is 2.45. The van der Waals surface area contributed by atoms with Gasteiger partial charge < -0.3 is 0 Å². The van der Waals surface area contributed by atoms with E-state index in [1.54, 1.807) is 12.3 Å². The molecule has 3 nitrogen and oxygen atoms in total. The Bertz CT molecular complexity index is 512. The number of nitrogens with zero attached hydrogens (tertiary/aromatic N) is 2. The number of carbonyl (C=O) groups excluding carboxylic acids is 1. The summed E-state index contributed by atoms with van der Waals surface area (Å²) in [4.78, 5) is 11.7. The van der Waals surface area contributed by atoms with Gasteiger partial charge in [-0.05, 0) is 0 Å². The van der Waals surface area contributed by atoms with Crippen LogP contribution in [0.2, 0.25) is 0 Å². The standard InChI is InChI=1S/C13H13N2O/c1-14-9-10-15(11-14)8-7-13(16)12-5-3-2-4-6-12/h2-11H,1H3/q+1/b8-7+. The largest absolute Gasteiger partial charge is 0.289 e. The maximum absolute atomic E-state index is 11.7. The zero-order valence-corrected chi connectivity index (χ0v) is 9.08. The van der Waals surface area contributed by atoms with Crippen LogP contribution >= 0.6 is 0 Å². The molecular formula is C13H13N2O+. The van der Waals surface area contributed by atoms with E-state index in [2.05, 4.69) is 0 Å². The molecule has 0 amide bonds. The molecule has 0 aliphatic heterocycles. The zero-order valence-electron chi connectivity index (χ0n) is 9.08. The smallest absolute Gasteiger partial charge is 0.248 e. The summed E-state index contributed by atoms with van der Waals surface area (Å²) in [6, 6.07) is 9.23. The SMILES string of the molecule is C[n+]1ccn(/C=C/C(=O)c2ccccc2)c1. The van der Waals surface area contributed by atoms with Crippen molar-refractivity contribution >= 4 is 12.0 Å². The number of benzene rings is 1. The first-order chi connectivity index (χ1) is 7.75. The number of hydrogen-bond acceptors (Lipinski definition) is 1. The van der Waals surface area contributed by atoms with Gasteiger partial charge in [0.15, 0.2) is 5.78 Å². The van der Waals surface area contributed by atoms with Gasteiger partial charge in [0, 0.05) is 11.6 Å². The molecular weight excluding hydrogens is 200 g/mol. The summed E-state index contributed by atoms with van der Waals surface area (Å²) < 4.78 is 3.75. The molecule has 0 saturated carbocycles. The van der Waals surface area contributed by atoms with E-state index in [0.29, 0.717) is 5.56 Å². The summed E-state index contributed by atoms with van der Waals surface area (Å²) >= 11 is 0. The van der Waals surface area contributed by atoms with Crippen LogP contribution in [0.5, 0.6) is 0 Å². The lowest BCUT2D eigenvalue weighted by Crippen LogP contribution is -2.23. The average Bonchev–Trinajstić information content (AvgIpc) is 2.73. The molecule has 0 aliphatic rings. The van der Waals surface area contributed by atoms with Crippen molar-refractivity contribution in [2.45, 2.75) is 0 Å². The molecule has 16 heavy (non-hydrogen) atoms. The molecule has 80 valence electrons. The van der Waals surface area contributed by atoms with E-state index >= 15 is 0 Å². The van der Waals surface area contributed by atoms with E-state index in [1.165, 1.54) is 0 Å². The Labute approximate surface area is 94.3 Å². The van der Waals surface area contributed by atoms with Crippen LogP contribution < -0.4 is 4.57 Å². The first-order valence-electron chi connectivity index (χ1n) is 5.06. The highest BCUT2D eigenvalue weighted by Crippen LogP contribution is 2.01. The second-order valence-electron chi connectivity index (χ2n) is 3.57. The van der Waals surface area contributed by atoms with Crippen molar-refractivity contribution in [3.63, 3.8) is 0 Å². The molecule has 0 atom stereocenters. The van der Waals surface area contributed by atoms with Crippen LogP contribution in [0.15, 0.2) is 55.1 Å². The molecule has 0 bridgehead atoms. The minimum atomic E-state index is 0.0111. The van der Waals surface area contributed by atoms with Gasteiger partial charge in [-0.2, -0.15) is 0 Å². The van der Waals surface area contributed by atoms with Crippen molar-refractivity contribution in [2.24, 2.45) is 7.05 Å². The number of aromatic nitrogens is 2. The summed E-state index contributed by atoms with van der Waals surface area (Å²) in [5, 5.41) is 0. The Kier molecular flexibility index (Phi) is 2.96. The number of allylic oxidation sites excluding steroid dienone is 1. The fraction of sp³-hybridized carbons (Fsp3) is 0.0769. The fourth-order valence-electron chi connectivity index (χ4n) is 1.41. The zero-order chi connectivity index (χ0) is 11.4. The molecule has 2 rings (SSSR count). The van der Waals surface area contributed by atoms with Crippen molar-refractivity contribution in [3.8, 4) is 0 Å². The van der Waals surface area contributed by atoms with Gasteiger partial charge in [-0.25, -0.2) is 9.13 Å². The molecule has 1 aromatic heterocycles. The topological polar surface area (TPSA) is 25.9 Å². The maximum Gasteiger partial charge on any atom is 0.248 e. The molecule has 0 aliphatic carbocycles. The van der Waals surface area contributed by atoms with Gasteiger partial charge in [-0.3, -0.25) is 4.79 Å². The van der Waals surface area contributed by atoms with Gasteiger partial charge in [0.1, 0.15) is 12.4 Å². The van der Waals surface area contributed by atoms with Crippen molar-refractivity contribution < 1.29 is 9.36 Å². The second kappa shape index (κ2) is 4.57. The molecule has 3 heteroatoms. The number of aryl methyl sites for hydroxylation is 1. The highest BCUT2D eigenvalue weighted by Gasteiger charge is 2.01. The van der Waals surface area contributed by atoms with Gasteiger partial charge in [0.05, 0.1) is 13.2 Å². The van der Waals surface area contributed by atoms with E-state index in [-0.39, 0.29) is 5.78 Å². The summed E-state index contributed by atoms with van der Waals surface area (Å²) in [5.74, 6) is 0.0111. The van der Waals surface area contributed by atoms with Crippen LogP contribution in [0.1, 0.15) is 10.4 Å². The van der Waals surface area contributed by atoms with E-state index in [1.807, 2.05) is 65.2 Å². The molecule has 1 heterocycles. The van der Waals surface area contributed by atoms with E-state index in [4.69, 9.17) is 0 Å². The van der Waals surface area contributed by atoms with Crippen molar-refractivity contribution in [2.75, 3.05) is 0 Å². The first kappa shape index (κ1) is 10.4. The van der Waals surface area contributed by atoms with Crippen LogP contribution in [0.25, 0.3) is 6.20 Å². The highest BCUT2D eigenvalue weighted by atomic mass is 16.1. The predicted molar refractivity (Wildman–Crippen MR) is 61.7 cm³/mol. The lowest BCUT2D eigenvalue weighted by atomic mass is 10.1. The van der Waals surface area contributed by atoms with Crippen LogP contribution in [0.3, 0.4) is 0 Å². The normalized spacial score (nSPS) is 10.8. The number of hydrogen-bond donors (Lipinski definition) is 0. The third-order valence-electron chi connectivity index (χ3n) is 2.25.